The van der Waals surface area contributed by atoms with Crippen LogP contribution in [0.5, 0.6) is 0 Å². The van der Waals surface area contributed by atoms with E-state index < -0.39 is 24.0 Å². The smallest absolute Gasteiger partial charge is 0.433 e. The molecule has 0 fully saturated rings. The number of hydrogen-bond donors (Lipinski definition) is 0. The zero-order valence-electron chi connectivity index (χ0n) is 8.70. The first kappa shape index (κ1) is 11.7. The van der Waals surface area contributed by atoms with Gasteiger partial charge in [-0.25, -0.2) is 0 Å². The molecule has 0 saturated carbocycles. The van der Waals surface area contributed by atoms with Crippen molar-refractivity contribution in [3.8, 4) is 0 Å². The van der Waals surface area contributed by atoms with E-state index in [1.165, 1.54) is 24.3 Å². The van der Waals surface area contributed by atoms with Gasteiger partial charge in [-0.2, -0.15) is 13.2 Å². The first-order valence-electron chi connectivity index (χ1n) is 4.95. The Hall–Kier alpha value is -1.78. The average Bonchev–Trinajstić information content (AvgIpc) is 2.28. The van der Waals surface area contributed by atoms with Gasteiger partial charge in [-0.15, -0.1) is 0 Å². The molecular formula is C12H9F3O2. The lowest BCUT2D eigenvalue weighted by Gasteiger charge is -2.36. The number of carbonyl (C=O) groups is 1. The molecule has 1 aliphatic rings. The number of alkyl halides is 3. The van der Waals surface area contributed by atoms with Crippen LogP contribution in [0, 0.1) is 0 Å². The molecule has 0 radical (unpaired) electrons. The van der Waals surface area contributed by atoms with Crippen LogP contribution in [0.3, 0.4) is 0 Å². The molecule has 0 N–H and O–H groups in total. The Balaban J connectivity index is 2.53. The molecule has 1 unspecified atom stereocenters. The molecule has 1 aliphatic heterocycles. The molecule has 1 atom stereocenters. The zero-order valence-corrected chi connectivity index (χ0v) is 8.70. The van der Waals surface area contributed by atoms with Gasteiger partial charge in [0.2, 0.25) is 5.60 Å². The zero-order chi connectivity index (χ0) is 12.5. The normalized spacial score (nSPS) is 24.5. The molecule has 0 aromatic heterocycles. The van der Waals surface area contributed by atoms with Gasteiger partial charge in [-0.1, -0.05) is 30.3 Å². The van der Waals surface area contributed by atoms with Gasteiger partial charge in [0.1, 0.15) is 0 Å². The largest absolute Gasteiger partial charge is 0.480 e. The number of ketones is 1. The third-order valence-corrected chi connectivity index (χ3v) is 2.64. The van der Waals surface area contributed by atoms with E-state index in [0.29, 0.717) is 0 Å². The SMILES string of the molecule is O=C1C=COC(c2ccccc2)(C(F)(F)F)C1. The van der Waals surface area contributed by atoms with E-state index >= 15 is 0 Å². The molecule has 90 valence electrons. The van der Waals surface area contributed by atoms with Crippen molar-refractivity contribution in [1.82, 2.24) is 0 Å². The second-order valence-corrected chi connectivity index (χ2v) is 3.75. The highest BCUT2D eigenvalue weighted by Gasteiger charge is 2.59. The third-order valence-electron chi connectivity index (χ3n) is 2.64. The lowest BCUT2D eigenvalue weighted by atomic mass is 9.86. The van der Waals surface area contributed by atoms with Gasteiger partial charge in [0, 0.05) is 11.6 Å². The van der Waals surface area contributed by atoms with Crippen LogP contribution in [0.15, 0.2) is 42.7 Å². The van der Waals surface area contributed by atoms with Crippen LogP contribution in [-0.4, -0.2) is 12.0 Å². The minimum absolute atomic E-state index is 0.0646. The van der Waals surface area contributed by atoms with E-state index in [2.05, 4.69) is 0 Å². The summed E-state index contributed by atoms with van der Waals surface area (Å²) in [6.07, 6.45) is -3.55. The number of carbonyl (C=O) groups excluding carboxylic acids is 1. The molecule has 5 heteroatoms. The number of allylic oxidation sites excluding steroid dienone is 1. The minimum Gasteiger partial charge on any atom is -0.480 e. The monoisotopic (exact) mass is 242 g/mol. The van der Waals surface area contributed by atoms with Crippen molar-refractivity contribution in [3.05, 3.63) is 48.2 Å². The van der Waals surface area contributed by atoms with Crippen LogP contribution in [0.2, 0.25) is 0 Å². The van der Waals surface area contributed by atoms with E-state index in [1.54, 1.807) is 6.07 Å². The van der Waals surface area contributed by atoms with E-state index in [9.17, 15) is 18.0 Å². The van der Waals surface area contributed by atoms with Crippen LogP contribution < -0.4 is 0 Å². The predicted molar refractivity (Wildman–Crippen MR) is 54.0 cm³/mol. The Morgan fingerprint density at radius 2 is 1.82 bits per heavy atom. The van der Waals surface area contributed by atoms with Gasteiger partial charge in [-0.05, 0) is 0 Å². The molecule has 1 aromatic carbocycles. The highest BCUT2D eigenvalue weighted by Crippen LogP contribution is 2.46. The topological polar surface area (TPSA) is 26.3 Å². The molecular weight excluding hydrogens is 233 g/mol. The Bertz CT molecular complexity index is 451. The Morgan fingerprint density at radius 3 is 2.35 bits per heavy atom. The maximum absolute atomic E-state index is 13.1. The Labute approximate surface area is 95.7 Å². The number of benzene rings is 1. The van der Waals surface area contributed by atoms with Gasteiger partial charge in [-0.3, -0.25) is 4.79 Å². The molecule has 0 saturated heterocycles. The molecule has 0 aliphatic carbocycles. The van der Waals surface area contributed by atoms with Crippen molar-refractivity contribution < 1.29 is 22.7 Å². The third kappa shape index (κ3) is 1.92. The summed E-state index contributed by atoms with van der Waals surface area (Å²) < 4.78 is 44.2. The maximum atomic E-state index is 13.1. The summed E-state index contributed by atoms with van der Waals surface area (Å²) in [5.74, 6) is -0.600. The summed E-state index contributed by atoms with van der Waals surface area (Å²) in [7, 11) is 0. The summed E-state index contributed by atoms with van der Waals surface area (Å²) in [6, 6.07) is 7.18. The Kier molecular flexibility index (Phi) is 2.69. The maximum Gasteiger partial charge on any atom is 0.433 e. The van der Waals surface area contributed by atoms with Gasteiger partial charge in [0.05, 0.1) is 12.7 Å². The van der Waals surface area contributed by atoms with Crippen molar-refractivity contribution in [2.45, 2.75) is 18.2 Å². The van der Waals surface area contributed by atoms with E-state index in [4.69, 9.17) is 4.74 Å². The summed E-state index contributed by atoms with van der Waals surface area (Å²) in [5, 5.41) is 0. The molecule has 0 amide bonds. The van der Waals surface area contributed by atoms with E-state index in [0.717, 1.165) is 12.3 Å². The first-order valence-corrected chi connectivity index (χ1v) is 4.95. The fraction of sp³-hybridized carbons (Fsp3) is 0.250. The fourth-order valence-corrected chi connectivity index (χ4v) is 1.78. The number of hydrogen-bond acceptors (Lipinski definition) is 2. The van der Waals surface area contributed by atoms with Crippen LogP contribution >= 0.6 is 0 Å². The van der Waals surface area contributed by atoms with Crippen LogP contribution in [0.4, 0.5) is 13.2 Å². The molecule has 0 spiro atoms. The van der Waals surface area contributed by atoms with E-state index in [-0.39, 0.29) is 5.56 Å². The molecule has 2 rings (SSSR count). The number of halogens is 3. The highest BCUT2D eigenvalue weighted by atomic mass is 19.4. The highest BCUT2D eigenvalue weighted by molar-refractivity contribution is 5.91. The van der Waals surface area contributed by atoms with Crippen molar-refractivity contribution >= 4 is 5.78 Å². The van der Waals surface area contributed by atoms with Crippen LogP contribution in [0.25, 0.3) is 0 Å². The summed E-state index contributed by atoms with van der Waals surface area (Å²) in [4.78, 5) is 11.2. The van der Waals surface area contributed by atoms with Crippen molar-refractivity contribution in [2.75, 3.05) is 0 Å². The van der Waals surface area contributed by atoms with Crippen LogP contribution in [-0.2, 0) is 15.1 Å². The van der Waals surface area contributed by atoms with Gasteiger partial charge >= 0.3 is 6.18 Å². The second-order valence-electron chi connectivity index (χ2n) is 3.75. The van der Waals surface area contributed by atoms with Gasteiger partial charge in [0.25, 0.3) is 0 Å². The van der Waals surface area contributed by atoms with Crippen molar-refractivity contribution in [1.29, 1.82) is 0 Å². The molecule has 1 heterocycles. The molecule has 1 aromatic rings. The van der Waals surface area contributed by atoms with Gasteiger partial charge in [0.15, 0.2) is 5.78 Å². The van der Waals surface area contributed by atoms with Gasteiger partial charge < -0.3 is 4.74 Å². The second kappa shape index (κ2) is 3.91. The Morgan fingerprint density at radius 1 is 1.18 bits per heavy atom. The fourth-order valence-electron chi connectivity index (χ4n) is 1.78. The number of rotatable bonds is 1. The number of ether oxygens (including phenoxy) is 1. The first-order chi connectivity index (χ1) is 7.96. The quantitative estimate of drug-likeness (QED) is 0.756. The molecule has 2 nitrogen and oxygen atoms in total. The van der Waals surface area contributed by atoms with Crippen LogP contribution in [0.1, 0.15) is 12.0 Å². The summed E-state index contributed by atoms with van der Waals surface area (Å²) >= 11 is 0. The summed E-state index contributed by atoms with van der Waals surface area (Å²) in [6.45, 7) is 0. The van der Waals surface area contributed by atoms with Crippen molar-refractivity contribution in [3.63, 3.8) is 0 Å². The standard InChI is InChI=1S/C12H9F3O2/c13-12(14,15)11(8-10(16)6-7-17-11)9-4-2-1-3-5-9/h1-7H,8H2. The lowest BCUT2D eigenvalue weighted by Crippen LogP contribution is -2.46. The van der Waals surface area contributed by atoms with E-state index in [1.807, 2.05) is 0 Å². The van der Waals surface area contributed by atoms with Crippen molar-refractivity contribution in [2.24, 2.45) is 0 Å². The lowest BCUT2D eigenvalue weighted by molar-refractivity contribution is -0.270. The predicted octanol–water partition coefficient (Wildman–Crippen LogP) is 2.95. The molecule has 17 heavy (non-hydrogen) atoms. The minimum atomic E-state index is -4.64. The molecule has 0 bridgehead atoms. The summed E-state index contributed by atoms with van der Waals surface area (Å²) in [5.41, 5.74) is -2.62. The average molecular weight is 242 g/mol.